The summed E-state index contributed by atoms with van der Waals surface area (Å²) in [6, 6.07) is 2.99. The number of halogens is 3. The highest BCUT2D eigenvalue weighted by Gasteiger charge is 2.24. The summed E-state index contributed by atoms with van der Waals surface area (Å²) in [5.74, 6) is -1.30. The van der Waals surface area contributed by atoms with Crippen LogP contribution in [-0.4, -0.2) is 18.8 Å². The van der Waals surface area contributed by atoms with Crippen molar-refractivity contribution in [3.63, 3.8) is 0 Å². The number of alkyl halides is 1. The predicted octanol–water partition coefficient (Wildman–Crippen LogP) is 2.60. The van der Waals surface area contributed by atoms with Crippen LogP contribution in [0.4, 0.5) is 13.2 Å². The first-order chi connectivity index (χ1) is 7.65. The summed E-state index contributed by atoms with van der Waals surface area (Å²) in [5.41, 5.74) is 0.374. The first kappa shape index (κ1) is 11.5. The second kappa shape index (κ2) is 4.87. The van der Waals surface area contributed by atoms with Crippen molar-refractivity contribution in [2.45, 2.75) is 31.5 Å². The van der Waals surface area contributed by atoms with Gasteiger partial charge in [0.15, 0.2) is 0 Å². The lowest BCUT2D eigenvalue weighted by Crippen LogP contribution is -2.33. The average molecular weight is 229 g/mol. The molecule has 1 saturated heterocycles. The van der Waals surface area contributed by atoms with Gasteiger partial charge < -0.3 is 5.32 Å². The lowest BCUT2D eigenvalue weighted by Gasteiger charge is -2.15. The topological polar surface area (TPSA) is 12.0 Å². The molecule has 2 unspecified atom stereocenters. The van der Waals surface area contributed by atoms with Gasteiger partial charge in [0.2, 0.25) is 0 Å². The minimum absolute atomic E-state index is 0.0619. The Kier molecular flexibility index (Phi) is 3.49. The van der Waals surface area contributed by atoms with Crippen molar-refractivity contribution in [2.24, 2.45) is 0 Å². The molecule has 0 aliphatic carbocycles. The summed E-state index contributed by atoms with van der Waals surface area (Å²) in [5, 5.41) is 3.04. The molecule has 1 N–H and O–H groups in total. The van der Waals surface area contributed by atoms with Gasteiger partial charge in [0.1, 0.15) is 17.8 Å². The van der Waals surface area contributed by atoms with Gasteiger partial charge in [-0.1, -0.05) is 0 Å². The quantitative estimate of drug-likeness (QED) is 0.840. The first-order valence-electron chi connectivity index (χ1n) is 5.47. The molecule has 1 aromatic rings. The normalized spacial score (nSPS) is 22.3. The Morgan fingerprint density at radius 3 is 2.50 bits per heavy atom. The summed E-state index contributed by atoms with van der Waals surface area (Å²) in [6.45, 7) is 0.822. The largest absolute Gasteiger partial charge is 0.311 e. The zero-order chi connectivity index (χ0) is 11.5. The van der Waals surface area contributed by atoms with E-state index in [9.17, 15) is 13.2 Å². The highest BCUT2D eigenvalue weighted by atomic mass is 19.1. The van der Waals surface area contributed by atoms with Crippen molar-refractivity contribution in [2.75, 3.05) is 6.54 Å². The minimum Gasteiger partial charge on any atom is -0.311 e. The lowest BCUT2D eigenvalue weighted by molar-refractivity contribution is 0.263. The second-order valence-electron chi connectivity index (χ2n) is 4.20. The predicted molar refractivity (Wildman–Crippen MR) is 56.0 cm³/mol. The minimum atomic E-state index is -1.08. The lowest BCUT2D eigenvalue weighted by atomic mass is 10.0. The van der Waals surface area contributed by atoms with Crippen LogP contribution in [0, 0.1) is 11.6 Å². The molecule has 16 heavy (non-hydrogen) atoms. The number of rotatable bonds is 3. The molecule has 0 radical (unpaired) electrons. The van der Waals surface area contributed by atoms with Crippen molar-refractivity contribution in [1.82, 2.24) is 5.32 Å². The van der Waals surface area contributed by atoms with Gasteiger partial charge in [-0.2, -0.15) is 0 Å². The van der Waals surface area contributed by atoms with Crippen LogP contribution >= 0.6 is 0 Å². The van der Waals surface area contributed by atoms with Crippen LogP contribution in [0.5, 0.6) is 0 Å². The summed E-state index contributed by atoms with van der Waals surface area (Å²) >= 11 is 0. The van der Waals surface area contributed by atoms with E-state index in [1.54, 1.807) is 0 Å². The molecule has 0 amide bonds. The van der Waals surface area contributed by atoms with Gasteiger partial charge in [-0.25, -0.2) is 13.2 Å². The molecule has 0 aromatic heterocycles. The van der Waals surface area contributed by atoms with E-state index in [1.165, 1.54) is 12.1 Å². The molecule has 1 aliphatic heterocycles. The van der Waals surface area contributed by atoms with Gasteiger partial charge in [-0.15, -0.1) is 0 Å². The molecular formula is C12H14F3N. The van der Waals surface area contributed by atoms with Gasteiger partial charge in [0, 0.05) is 18.5 Å². The van der Waals surface area contributed by atoms with Crippen LogP contribution < -0.4 is 5.32 Å². The van der Waals surface area contributed by atoms with E-state index in [0.29, 0.717) is 5.56 Å². The van der Waals surface area contributed by atoms with Crippen LogP contribution in [0.3, 0.4) is 0 Å². The number of nitrogens with one attached hydrogen (secondary N) is 1. The molecule has 1 nitrogen and oxygen atoms in total. The Bertz CT molecular complexity index is 341. The zero-order valence-electron chi connectivity index (χ0n) is 8.85. The first-order valence-corrected chi connectivity index (χ1v) is 5.47. The van der Waals surface area contributed by atoms with Crippen LogP contribution in [-0.2, 0) is 6.42 Å². The van der Waals surface area contributed by atoms with E-state index in [1.807, 2.05) is 0 Å². The van der Waals surface area contributed by atoms with Crippen molar-refractivity contribution in [3.05, 3.63) is 35.4 Å². The third kappa shape index (κ3) is 2.76. The van der Waals surface area contributed by atoms with E-state index in [-0.39, 0.29) is 12.5 Å². The van der Waals surface area contributed by atoms with Crippen molar-refractivity contribution in [3.8, 4) is 0 Å². The molecule has 0 bridgehead atoms. The van der Waals surface area contributed by atoms with E-state index in [4.69, 9.17) is 0 Å². The summed E-state index contributed by atoms with van der Waals surface area (Å²) < 4.78 is 39.5. The smallest absolute Gasteiger partial charge is 0.126 e. The Hall–Kier alpha value is -1.03. The van der Waals surface area contributed by atoms with E-state index >= 15 is 0 Å². The highest BCUT2D eigenvalue weighted by Crippen LogP contribution is 2.17. The number of hydrogen-bond acceptors (Lipinski definition) is 1. The van der Waals surface area contributed by atoms with E-state index < -0.39 is 17.8 Å². The molecule has 0 spiro atoms. The molecule has 1 heterocycles. The fourth-order valence-electron chi connectivity index (χ4n) is 2.12. The van der Waals surface area contributed by atoms with Crippen LogP contribution in [0.1, 0.15) is 18.4 Å². The number of benzene rings is 1. The average Bonchev–Trinajstić information content (AvgIpc) is 2.68. The Balaban J connectivity index is 2.02. The van der Waals surface area contributed by atoms with Crippen molar-refractivity contribution < 1.29 is 13.2 Å². The highest BCUT2D eigenvalue weighted by molar-refractivity contribution is 5.19. The number of hydrogen-bond donors (Lipinski definition) is 1. The van der Waals surface area contributed by atoms with Crippen molar-refractivity contribution >= 4 is 0 Å². The molecule has 1 fully saturated rings. The molecule has 2 rings (SSSR count). The third-order valence-electron chi connectivity index (χ3n) is 2.89. The molecule has 2 atom stereocenters. The molecule has 0 saturated carbocycles. The van der Waals surface area contributed by atoms with E-state index in [2.05, 4.69) is 5.32 Å². The van der Waals surface area contributed by atoms with Gasteiger partial charge in [0.05, 0.1) is 0 Å². The SMILES string of the molecule is Fc1cc(F)cc(CC(F)C2CCCN2)c1. The third-order valence-corrected chi connectivity index (χ3v) is 2.89. The second-order valence-corrected chi connectivity index (χ2v) is 4.20. The fourth-order valence-corrected chi connectivity index (χ4v) is 2.12. The van der Waals surface area contributed by atoms with Gasteiger partial charge >= 0.3 is 0 Å². The van der Waals surface area contributed by atoms with E-state index in [0.717, 1.165) is 25.5 Å². The summed E-state index contributed by atoms with van der Waals surface area (Å²) in [4.78, 5) is 0. The van der Waals surface area contributed by atoms with Crippen LogP contribution in [0.2, 0.25) is 0 Å². The maximum absolute atomic E-state index is 13.7. The van der Waals surface area contributed by atoms with Gasteiger partial charge in [-0.3, -0.25) is 0 Å². The maximum atomic E-state index is 13.7. The Morgan fingerprint density at radius 1 is 1.25 bits per heavy atom. The summed E-state index contributed by atoms with van der Waals surface area (Å²) in [6.07, 6.45) is 0.733. The standard InChI is InChI=1S/C12H14F3N/c13-9-4-8(5-10(14)7-9)6-11(15)12-2-1-3-16-12/h4-5,7,11-12,16H,1-3,6H2. The van der Waals surface area contributed by atoms with Crippen LogP contribution in [0.25, 0.3) is 0 Å². The molecule has 1 aliphatic rings. The molecule has 88 valence electrons. The van der Waals surface area contributed by atoms with Gasteiger partial charge in [0.25, 0.3) is 0 Å². The fraction of sp³-hybridized carbons (Fsp3) is 0.500. The summed E-state index contributed by atoms with van der Waals surface area (Å²) in [7, 11) is 0. The Morgan fingerprint density at radius 2 is 1.94 bits per heavy atom. The van der Waals surface area contributed by atoms with Crippen LogP contribution in [0.15, 0.2) is 18.2 Å². The van der Waals surface area contributed by atoms with Crippen molar-refractivity contribution in [1.29, 1.82) is 0 Å². The monoisotopic (exact) mass is 229 g/mol. The van der Waals surface area contributed by atoms with Gasteiger partial charge in [-0.05, 0) is 37.1 Å². The molecular weight excluding hydrogens is 215 g/mol. The zero-order valence-corrected chi connectivity index (χ0v) is 8.85. The molecule has 1 aromatic carbocycles. The Labute approximate surface area is 92.7 Å². The molecule has 4 heteroatoms. The maximum Gasteiger partial charge on any atom is 0.126 e.